The van der Waals surface area contributed by atoms with E-state index in [0.717, 1.165) is 53.5 Å². The molecule has 0 bridgehead atoms. The van der Waals surface area contributed by atoms with Gasteiger partial charge in [0.2, 0.25) is 0 Å². The van der Waals surface area contributed by atoms with E-state index in [4.69, 9.17) is 11.6 Å². The lowest BCUT2D eigenvalue weighted by atomic mass is 9.76. The highest BCUT2D eigenvalue weighted by Crippen LogP contribution is 2.42. The minimum Gasteiger partial charge on any atom is -0.373 e. The average Bonchev–Trinajstić information content (AvgIpc) is 3.18. The van der Waals surface area contributed by atoms with Crippen LogP contribution in [-0.2, 0) is 5.54 Å². The van der Waals surface area contributed by atoms with Crippen LogP contribution in [0.2, 0.25) is 5.02 Å². The van der Waals surface area contributed by atoms with E-state index in [1.165, 1.54) is 5.56 Å². The Kier molecular flexibility index (Phi) is 5.11. The van der Waals surface area contributed by atoms with Gasteiger partial charge in [0, 0.05) is 10.7 Å². The van der Waals surface area contributed by atoms with Gasteiger partial charge >= 0.3 is 0 Å². The predicted molar refractivity (Wildman–Crippen MR) is 113 cm³/mol. The summed E-state index contributed by atoms with van der Waals surface area (Å²) >= 11 is 6.37. The Hall–Kier alpha value is -2.40. The van der Waals surface area contributed by atoms with Crippen molar-refractivity contribution >= 4 is 17.3 Å². The van der Waals surface area contributed by atoms with E-state index in [9.17, 15) is 0 Å². The Morgan fingerprint density at radius 2 is 1.79 bits per heavy atom. The van der Waals surface area contributed by atoms with Crippen molar-refractivity contribution in [2.75, 3.05) is 5.32 Å². The molecule has 146 valence electrons. The molecule has 3 aromatic rings. The molecule has 28 heavy (non-hydrogen) atoms. The highest BCUT2D eigenvalue weighted by molar-refractivity contribution is 6.31. The van der Waals surface area contributed by atoms with Gasteiger partial charge in [-0.15, -0.1) is 5.10 Å². The fraction of sp³-hybridized carbons (Fsp3) is 0.409. The van der Waals surface area contributed by atoms with Crippen LogP contribution in [0, 0.1) is 19.8 Å². The molecule has 2 aromatic carbocycles. The van der Waals surface area contributed by atoms with Crippen molar-refractivity contribution in [3.8, 4) is 5.69 Å². The molecule has 5 nitrogen and oxygen atoms in total. The fourth-order valence-electron chi connectivity index (χ4n) is 4.05. The Bertz CT molecular complexity index is 955. The van der Waals surface area contributed by atoms with E-state index >= 15 is 0 Å². The molecule has 1 aliphatic rings. The summed E-state index contributed by atoms with van der Waals surface area (Å²) in [6, 6.07) is 14.4. The van der Waals surface area contributed by atoms with Gasteiger partial charge in [0.15, 0.2) is 5.82 Å². The molecule has 1 heterocycles. The minimum absolute atomic E-state index is 0.306. The lowest BCUT2D eigenvalue weighted by Crippen LogP contribution is -2.41. The summed E-state index contributed by atoms with van der Waals surface area (Å²) in [5, 5.41) is 17.4. The van der Waals surface area contributed by atoms with Crippen LogP contribution in [-0.4, -0.2) is 20.2 Å². The monoisotopic (exact) mass is 395 g/mol. The molecular formula is C22H26ClN5. The van der Waals surface area contributed by atoms with Crippen molar-refractivity contribution in [1.82, 2.24) is 20.2 Å². The second kappa shape index (κ2) is 7.55. The van der Waals surface area contributed by atoms with Gasteiger partial charge in [-0.05, 0) is 85.7 Å². The summed E-state index contributed by atoms with van der Waals surface area (Å²) in [7, 11) is 0. The van der Waals surface area contributed by atoms with E-state index in [-0.39, 0.29) is 5.54 Å². The zero-order valence-corrected chi connectivity index (χ0v) is 17.4. The fourth-order valence-corrected chi connectivity index (χ4v) is 4.22. The number of aromatic nitrogens is 4. The minimum atomic E-state index is -0.306. The molecule has 0 atom stereocenters. The van der Waals surface area contributed by atoms with E-state index in [2.05, 4.69) is 59.0 Å². The zero-order valence-electron chi connectivity index (χ0n) is 16.6. The number of nitrogens with one attached hydrogen (secondary N) is 1. The van der Waals surface area contributed by atoms with E-state index in [1.807, 2.05) is 29.8 Å². The molecule has 4 rings (SSSR count). The van der Waals surface area contributed by atoms with Crippen molar-refractivity contribution in [3.05, 3.63) is 64.4 Å². The van der Waals surface area contributed by atoms with Gasteiger partial charge in [0.1, 0.15) is 0 Å². The van der Waals surface area contributed by atoms with Crippen molar-refractivity contribution in [1.29, 1.82) is 0 Å². The van der Waals surface area contributed by atoms with E-state index < -0.39 is 0 Å². The molecule has 0 saturated heterocycles. The summed E-state index contributed by atoms with van der Waals surface area (Å²) in [4.78, 5) is 0. The van der Waals surface area contributed by atoms with Crippen molar-refractivity contribution < 1.29 is 0 Å². The van der Waals surface area contributed by atoms with Crippen LogP contribution in [0.3, 0.4) is 0 Å². The van der Waals surface area contributed by atoms with Crippen molar-refractivity contribution in [3.63, 3.8) is 0 Å². The van der Waals surface area contributed by atoms with Crippen LogP contribution >= 0.6 is 11.6 Å². The summed E-state index contributed by atoms with van der Waals surface area (Å²) in [6.07, 6.45) is 4.25. The summed E-state index contributed by atoms with van der Waals surface area (Å²) < 4.78 is 1.86. The number of benzene rings is 2. The maximum Gasteiger partial charge on any atom is 0.181 e. The SMILES string of the molecule is Cc1ccc(NC2(c3nnnn3-c3cccc(Cl)c3C)CCC(C)CC2)cc1. The second-order valence-corrected chi connectivity index (χ2v) is 8.46. The maximum absolute atomic E-state index is 6.37. The zero-order chi connectivity index (χ0) is 19.7. The smallest absolute Gasteiger partial charge is 0.181 e. The Labute approximate surface area is 171 Å². The molecule has 1 saturated carbocycles. The number of nitrogens with zero attached hydrogens (tertiary/aromatic N) is 4. The highest BCUT2D eigenvalue weighted by atomic mass is 35.5. The van der Waals surface area contributed by atoms with E-state index in [1.54, 1.807) is 0 Å². The first kappa shape index (κ1) is 18.9. The lowest BCUT2D eigenvalue weighted by Gasteiger charge is -2.39. The van der Waals surface area contributed by atoms with Crippen LogP contribution in [0.1, 0.15) is 49.6 Å². The largest absolute Gasteiger partial charge is 0.373 e. The molecule has 0 aliphatic heterocycles. The van der Waals surface area contributed by atoms with Gasteiger partial charge in [-0.1, -0.05) is 42.3 Å². The molecule has 1 aromatic heterocycles. The van der Waals surface area contributed by atoms with Crippen LogP contribution in [0.4, 0.5) is 5.69 Å². The second-order valence-electron chi connectivity index (χ2n) is 8.05. The van der Waals surface area contributed by atoms with Gasteiger partial charge in [-0.3, -0.25) is 0 Å². The standard InChI is InChI=1S/C22H26ClN5/c1-15-7-9-18(10-8-15)24-22(13-11-16(2)12-14-22)21-25-26-27-28(21)20-6-4-5-19(23)17(20)3/h4-10,16,24H,11-14H2,1-3H3. The number of tetrazole rings is 1. The van der Waals surface area contributed by atoms with Crippen LogP contribution in [0.25, 0.3) is 5.69 Å². The number of halogens is 1. The molecule has 1 aliphatic carbocycles. The highest BCUT2D eigenvalue weighted by Gasteiger charge is 2.41. The van der Waals surface area contributed by atoms with Gasteiger partial charge in [-0.2, -0.15) is 4.68 Å². The first-order valence-corrected chi connectivity index (χ1v) is 10.3. The normalized spacial score (nSPS) is 22.2. The van der Waals surface area contributed by atoms with Gasteiger partial charge in [-0.25, -0.2) is 0 Å². The molecule has 0 amide bonds. The Morgan fingerprint density at radius 3 is 2.50 bits per heavy atom. The molecule has 6 heteroatoms. The predicted octanol–water partition coefficient (Wildman–Crippen LogP) is 5.45. The summed E-state index contributed by atoms with van der Waals surface area (Å²) in [6.45, 7) is 6.43. The third kappa shape index (κ3) is 3.51. The van der Waals surface area contributed by atoms with Crippen LogP contribution in [0.15, 0.2) is 42.5 Å². The maximum atomic E-state index is 6.37. The number of rotatable bonds is 4. The van der Waals surface area contributed by atoms with Crippen molar-refractivity contribution in [2.24, 2.45) is 5.92 Å². The number of aryl methyl sites for hydroxylation is 1. The van der Waals surface area contributed by atoms with Crippen LogP contribution in [0.5, 0.6) is 0 Å². The van der Waals surface area contributed by atoms with Gasteiger partial charge < -0.3 is 5.32 Å². The third-order valence-electron chi connectivity index (χ3n) is 5.93. The first-order chi connectivity index (χ1) is 13.5. The Balaban J connectivity index is 1.79. The number of hydrogen-bond donors (Lipinski definition) is 1. The number of anilines is 1. The molecule has 0 radical (unpaired) electrons. The molecule has 0 spiro atoms. The molecule has 1 N–H and O–H groups in total. The van der Waals surface area contributed by atoms with Crippen LogP contribution < -0.4 is 5.32 Å². The van der Waals surface area contributed by atoms with Crippen molar-refractivity contribution in [2.45, 2.75) is 52.0 Å². The van der Waals surface area contributed by atoms with Gasteiger partial charge in [0.05, 0.1) is 11.2 Å². The molecule has 1 fully saturated rings. The quantitative estimate of drug-likeness (QED) is 0.638. The van der Waals surface area contributed by atoms with Gasteiger partial charge in [0.25, 0.3) is 0 Å². The Morgan fingerprint density at radius 1 is 1.07 bits per heavy atom. The third-order valence-corrected chi connectivity index (χ3v) is 6.34. The molecular weight excluding hydrogens is 370 g/mol. The number of hydrogen-bond acceptors (Lipinski definition) is 4. The summed E-state index contributed by atoms with van der Waals surface area (Å²) in [5.41, 5.74) is 3.94. The lowest BCUT2D eigenvalue weighted by molar-refractivity contribution is 0.255. The topological polar surface area (TPSA) is 55.6 Å². The first-order valence-electron chi connectivity index (χ1n) is 9.88. The molecule has 0 unspecified atom stereocenters. The van der Waals surface area contributed by atoms with E-state index in [0.29, 0.717) is 5.92 Å². The average molecular weight is 396 g/mol. The summed E-state index contributed by atoms with van der Waals surface area (Å²) in [5.74, 6) is 1.57.